The molecule has 0 aromatic heterocycles. The largest absolute Gasteiger partial charge is 0.339 e. The predicted molar refractivity (Wildman–Crippen MR) is 95.6 cm³/mol. The third-order valence-corrected chi connectivity index (χ3v) is 3.67. The van der Waals surface area contributed by atoms with Gasteiger partial charge in [0.1, 0.15) is 0 Å². The predicted octanol–water partition coefficient (Wildman–Crippen LogP) is 2.45. The second-order valence-corrected chi connectivity index (χ2v) is 5.92. The van der Waals surface area contributed by atoms with Crippen LogP contribution < -0.4 is 16.0 Å². The number of carbonyl (C=O) groups excluding carboxylic acids is 3. The highest BCUT2D eigenvalue weighted by Crippen LogP contribution is 2.14. The molecule has 0 aliphatic rings. The lowest BCUT2D eigenvalue weighted by Gasteiger charge is -2.09. The third kappa shape index (κ3) is 5.20. The van der Waals surface area contributed by atoms with Crippen LogP contribution in [0, 0.1) is 6.92 Å². The highest BCUT2D eigenvalue weighted by Gasteiger charge is 2.15. The lowest BCUT2D eigenvalue weighted by atomic mass is 10.2. The van der Waals surface area contributed by atoms with Crippen molar-refractivity contribution in [3.05, 3.63) is 58.6 Å². The Labute approximate surface area is 147 Å². The molecule has 0 saturated carbocycles. The maximum absolute atomic E-state index is 11.8. The van der Waals surface area contributed by atoms with Crippen molar-refractivity contribution in [2.75, 3.05) is 17.2 Å². The van der Waals surface area contributed by atoms with E-state index in [0.29, 0.717) is 11.4 Å². The summed E-state index contributed by atoms with van der Waals surface area (Å²) in [7, 11) is 0. The van der Waals surface area contributed by atoms with Crippen molar-refractivity contribution in [1.82, 2.24) is 5.32 Å². The van der Waals surface area contributed by atoms with Gasteiger partial charge in [-0.25, -0.2) is 0 Å². The van der Waals surface area contributed by atoms with Crippen LogP contribution in [-0.4, -0.2) is 24.3 Å². The van der Waals surface area contributed by atoms with Crippen LogP contribution in [-0.2, 0) is 14.4 Å². The zero-order valence-electron chi connectivity index (χ0n) is 12.9. The molecule has 0 saturated heterocycles. The van der Waals surface area contributed by atoms with Gasteiger partial charge in [0.2, 0.25) is 5.91 Å². The van der Waals surface area contributed by atoms with Gasteiger partial charge in [-0.15, -0.1) is 0 Å². The van der Waals surface area contributed by atoms with Gasteiger partial charge < -0.3 is 16.0 Å². The third-order valence-electron chi connectivity index (χ3n) is 3.14. The average molecular weight is 390 g/mol. The number of amides is 3. The zero-order chi connectivity index (χ0) is 17.5. The molecule has 6 nitrogen and oxygen atoms in total. The van der Waals surface area contributed by atoms with E-state index in [0.717, 1.165) is 10.0 Å². The minimum Gasteiger partial charge on any atom is -0.339 e. The molecular weight excluding hydrogens is 374 g/mol. The van der Waals surface area contributed by atoms with Crippen LogP contribution >= 0.6 is 15.9 Å². The SMILES string of the molecule is Cc1ccccc1NC(=O)CNC(=O)C(=O)Nc1ccc(Br)cc1. The molecule has 2 aromatic carbocycles. The van der Waals surface area contributed by atoms with Crippen LogP contribution in [0.5, 0.6) is 0 Å². The molecule has 2 aromatic rings. The number of anilines is 2. The fourth-order valence-electron chi connectivity index (χ4n) is 1.87. The number of hydrogen-bond acceptors (Lipinski definition) is 3. The first-order valence-corrected chi connectivity index (χ1v) is 7.95. The molecule has 0 fully saturated rings. The monoisotopic (exact) mass is 389 g/mol. The maximum atomic E-state index is 11.8. The average Bonchev–Trinajstić information content (AvgIpc) is 2.57. The van der Waals surface area contributed by atoms with Gasteiger partial charge in [-0.1, -0.05) is 34.1 Å². The number of benzene rings is 2. The van der Waals surface area contributed by atoms with Gasteiger partial charge in [0.15, 0.2) is 0 Å². The lowest BCUT2D eigenvalue weighted by Crippen LogP contribution is -2.39. The molecule has 0 radical (unpaired) electrons. The number of carbonyl (C=O) groups is 3. The standard InChI is InChI=1S/C17H16BrN3O3/c1-11-4-2-3-5-14(11)21-15(22)10-19-16(23)17(24)20-13-8-6-12(18)7-9-13/h2-9H,10H2,1H3,(H,19,23)(H,20,24)(H,21,22). The van der Waals surface area contributed by atoms with E-state index in [1.807, 2.05) is 19.1 Å². The second kappa shape index (κ2) is 8.26. The van der Waals surface area contributed by atoms with Crippen LogP contribution in [0.1, 0.15) is 5.56 Å². The number of para-hydroxylation sites is 1. The van der Waals surface area contributed by atoms with Crippen molar-refractivity contribution < 1.29 is 14.4 Å². The summed E-state index contributed by atoms with van der Waals surface area (Å²) in [4.78, 5) is 35.3. The summed E-state index contributed by atoms with van der Waals surface area (Å²) in [5.74, 6) is -2.12. The van der Waals surface area contributed by atoms with E-state index in [9.17, 15) is 14.4 Å². The lowest BCUT2D eigenvalue weighted by molar-refractivity contribution is -0.136. The molecule has 0 aliphatic heterocycles. The van der Waals surface area contributed by atoms with Gasteiger partial charge in [0.25, 0.3) is 0 Å². The Hall–Kier alpha value is -2.67. The Balaban J connectivity index is 1.81. The Bertz CT molecular complexity index is 760. The van der Waals surface area contributed by atoms with Crippen molar-refractivity contribution in [1.29, 1.82) is 0 Å². The number of nitrogens with one attached hydrogen (secondary N) is 3. The first-order valence-electron chi connectivity index (χ1n) is 7.16. The minimum absolute atomic E-state index is 0.291. The molecule has 7 heteroatoms. The highest BCUT2D eigenvalue weighted by molar-refractivity contribution is 9.10. The van der Waals surface area contributed by atoms with E-state index < -0.39 is 17.7 Å². The van der Waals surface area contributed by atoms with E-state index in [4.69, 9.17) is 0 Å². The van der Waals surface area contributed by atoms with Gasteiger partial charge in [-0.05, 0) is 42.8 Å². The van der Waals surface area contributed by atoms with E-state index in [1.165, 1.54) is 0 Å². The van der Waals surface area contributed by atoms with E-state index in [1.54, 1.807) is 36.4 Å². The van der Waals surface area contributed by atoms with Gasteiger partial charge in [-0.2, -0.15) is 0 Å². The van der Waals surface area contributed by atoms with Crippen LogP contribution in [0.4, 0.5) is 11.4 Å². The van der Waals surface area contributed by atoms with Crippen molar-refractivity contribution in [2.24, 2.45) is 0 Å². The molecule has 24 heavy (non-hydrogen) atoms. The van der Waals surface area contributed by atoms with E-state index >= 15 is 0 Å². The Kier molecular flexibility index (Phi) is 6.08. The van der Waals surface area contributed by atoms with Crippen LogP contribution in [0.25, 0.3) is 0 Å². The van der Waals surface area contributed by atoms with Crippen molar-refractivity contribution in [3.63, 3.8) is 0 Å². The Morgan fingerprint density at radius 1 is 0.917 bits per heavy atom. The van der Waals surface area contributed by atoms with Gasteiger partial charge >= 0.3 is 11.8 Å². The van der Waals surface area contributed by atoms with E-state index in [-0.39, 0.29) is 6.54 Å². The minimum atomic E-state index is -0.877. The number of halogens is 1. The number of aryl methyl sites for hydroxylation is 1. The first kappa shape index (κ1) is 17.7. The molecule has 0 aliphatic carbocycles. The summed E-state index contributed by atoms with van der Waals surface area (Å²) in [6, 6.07) is 14.1. The molecule has 0 atom stereocenters. The van der Waals surface area contributed by atoms with Crippen molar-refractivity contribution >= 4 is 45.0 Å². The summed E-state index contributed by atoms with van der Waals surface area (Å²) in [6.07, 6.45) is 0. The van der Waals surface area contributed by atoms with Crippen LogP contribution in [0.2, 0.25) is 0 Å². The second-order valence-electron chi connectivity index (χ2n) is 5.01. The summed E-state index contributed by atoms with van der Waals surface area (Å²) in [6.45, 7) is 1.57. The smallest absolute Gasteiger partial charge is 0.313 e. The van der Waals surface area contributed by atoms with Crippen LogP contribution in [0.3, 0.4) is 0 Å². The first-order chi connectivity index (χ1) is 11.5. The summed E-state index contributed by atoms with van der Waals surface area (Å²) in [5, 5.41) is 7.40. The Morgan fingerprint density at radius 3 is 2.25 bits per heavy atom. The molecule has 3 N–H and O–H groups in total. The molecule has 3 amide bonds. The van der Waals surface area contributed by atoms with Gasteiger partial charge in [0.05, 0.1) is 6.54 Å². The Morgan fingerprint density at radius 2 is 1.58 bits per heavy atom. The van der Waals surface area contributed by atoms with E-state index in [2.05, 4.69) is 31.9 Å². The van der Waals surface area contributed by atoms with Gasteiger partial charge in [-0.3, -0.25) is 14.4 Å². The normalized spacial score (nSPS) is 9.92. The highest BCUT2D eigenvalue weighted by atomic mass is 79.9. The molecule has 2 rings (SSSR count). The topological polar surface area (TPSA) is 87.3 Å². The summed E-state index contributed by atoms with van der Waals surface area (Å²) < 4.78 is 0.859. The van der Waals surface area contributed by atoms with Crippen molar-refractivity contribution in [2.45, 2.75) is 6.92 Å². The quantitative estimate of drug-likeness (QED) is 0.701. The fourth-order valence-corrected chi connectivity index (χ4v) is 2.13. The molecule has 0 spiro atoms. The molecule has 0 unspecified atom stereocenters. The summed E-state index contributed by atoms with van der Waals surface area (Å²) >= 11 is 3.28. The summed E-state index contributed by atoms with van der Waals surface area (Å²) in [5.41, 5.74) is 2.06. The molecule has 0 bridgehead atoms. The fraction of sp³-hybridized carbons (Fsp3) is 0.118. The van der Waals surface area contributed by atoms with Crippen molar-refractivity contribution in [3.8, 4) is 0 Å². The van der Waals surface area contributed by atoms with Gasteiger partial charge in [0, 0.05) is 15.8 Å². The molecule has 0 heterocycles. The number of rotatable bonds is 4. The molecular formula is C17H16BrN3O3. The maximum Gasteiger partial charge on any atom is 0.313 e. The van der Waals surface area contributed by atoms with Crippen LogP contribution in [0.15, 0.2) is 53.0 Å². The number of hydrogen-bond donors (Lipinski definition) is 3. The zero-order valence-corrected chi connectivity index (χ0v) is 14.5. The molecule has 124 valence electrons.